The van der Waals surface area contributed by atoms with Gasteiger partial charge in [0.2, 0.25) is 0 Å². The van der Waals surface area contributed by atoms with Gasteiger partial charge in [0.05, 0.1) is 11.8 Å². The number of benzene rings is 1. The summed E-state index contributed by atoms with van der Waals surface area (Å²) in [6.07, 6.45) is 0.561. The van der Waals surface area contributed by atoms with Gasteiger partial charge in [-0.15, -0.1) is 0 Å². The summed E-state index contributed by atoms with van der Waals surface area (Å²) in [6, 6.07) is 7.30. The Kier molecular flexibility index (Phi) is 5.15. The highest BCUT2D eigenvalue weighted by Gasteiger charge is 2.32. The molecule has 0 heterocycles. The van der Waals surface area contributed by atoms with E-state index < -0.39 is 17.0 Å². The second-order valence-electron chi connectivity index (χ2n) is 6.95. The number of carboxylic acid groups (broad SMARTS) is 1. The normalized spacial score (nSPS) is 12.0. The Balaban J connectivity index is 2.74. The Bertz CT molecular complexity index is 507. The van der Waals surface area contributed by atoms with Crippen molar-refractivity contribution in [2.75, 3.05) is 0 Å². The summed E-state index contributed by atoms with van der Waals surface area (Å²) >= 11 is 0. The van der Waals surface area contributed by atoms with Crippen LogP contribution in [0.4, 0.5) is 0 Å². The first kappa shape index (κ1) is 17.2. The molecule has 0 aromatic heterocycles. The first-order valence-corrected chi connectivity index (χ1v) is 7.03. The van der Waals surface area contributed by atoms with E-state index in [0.29, 0.717) is 6.42 Å². The molecule has 4 nitrogen and oxygen atoms in total. The Morgan fingerprint density at radius 2 is 1.48 bits per heavy atom. The molecule has 0 aliphatic rings. The van der Waals surface area contributed by atoms with Gasteiger partial charge in [-0.25, -0.2) is 0 Å². The third kappa shape index (κ3) is 5.98. The van der Waals surface area contributed by atoms with Crippen molar-refractivity contribution in [2.45, 2.75) is 53.1 Å². The molecule has 116 valence electrons. The number of carboxylic acids is 1. The van der Waals surface area contributed by atoms with Crippen molar-refractivity contribution in [1.82, 2.24) is 0 Å². The standard InChI is InChI=1S/C17H24O4/c1-16(2,3)21-15(20)17(4,5)11-13-8-6-12(7-9-13)10-14(18)19/h6-9H,10-11H2,1-5H3,(H,18,19). The molecule has 0 saturated heterocycles. The second kappa shape index (κ2) is 6.29. The summed E-state index contributed by atoms with van der Waals surface area (Å²) in [5.74, 6) is -1.08. The van der Waals surface area contributed by atoms with Crippen molar-refractivity contribution in [2.24, 2.45) is 5.41 Å². The molecule has 0 saturated carbocycles. The predicted octanol–water partition coefficient (Wildman–Crippen LogP) is 3.22. The largest absolute Gasteiger partial charge is 0.481 e. The molecule has 0 spiro atoms. The maximum absolute atomic E-state index is 12.2. The number of carbonyl (C=O) groups excluding carboxylic acids is 1. The topological polar surface area (TPSA) is 63.6 Å². The predicted molar refractivity (Wildman–Crippen MR) is 81.1 cm³/mol. The highest BCUT2D eigenvalue weighted by molar-refractivity contribution is 5.76. The van der Waals surface area contributed by atoms with E-state index in [2.05, 4.69) is 0 Å². The smallest absolute Gasteiger partial charge is 0.312 e. The molecule has 0 aliphatic heterocycles. The highest BCUT2D eigenvalue weighted by Crippen LogP contribution is 2.26. The minimum Gasteiger partial charge on any atom is -0.481 e. The summed E-state index contributed by atoms with van der Waals surface area (Å²) in [5.41, 5.74) is 0.614. The molecule has 0 bridgehead atoms. The molecule has 0 atom stereocenters. The number of ether oxygens (including phenoxy) is 1. The van der Waals surface area contributed by atoms with Crippen LogP contribution in [0, 0.1) is 5.41 Å². The van der Waals surface area contributed by atoms with Crippen LogP contribution in [0.3, 0.4) is 0 Å². The number of esters is 1. The minimum atomic E-state index is -0.850. The lowest BCUT2D eigenvalue weighted by molar-refractivity contribution is -0.165. The Labute approximate surface area is 126 Å². The van der Waals surface area contributed by atoms with Crippen molar-refractivity contribution in [1.29, 1.82) is 0 Å². The second-order valence-corrected chi connectivity index (χ2v) is 6.95. The van der Waals surface area contributed by atoms with Gasteiger partial charge in [0, 0.05) is 0 Å². The van der Waals surface area contributed by atoms with Gasteiger partial charge in [-0.3, -0.25) is 9.59 Å². The fraction of sp³-hybridized carbons (Fsp3) is 0.529. The third-order valence-corrected chi connectivity index (χ3v) is 2.98. The van der Waals surface area contributed by atoms with E-state index in [1.165, 1.54) is 0 Å². The number of carbonyl (C=O) groups is 2. The van der Waals surface area contributed by atoms with Gasteiger partial charge in [-0.1, -0.05) is 24.3 Å². The summed E-state index contributed by atoms with van der Waals surface area (Å²) in [7, 11) is 0. The van der Waals surface area contributed by atoms with E-state index in [9.17, 15) is 9.59 Å². The van der Waals surface area contributed by atoms with Gasteiger partial charge >= 0.3 is 11.9 Å². The van der Waals surface area contributed by atoms with E-state index >= 15 is 0 Å². The molecule has 1 rings (SSSR count). The zero-order valence-electron chi connectivity index (χ0n) is 13.4. The lowest BCUT2D eigenvalue weighted by Crippen LogP contribution is -2.35. The van der Waals surface area contributed by atoms with Crippen LogP contribution in [0.25, 0.3) is 0 Å². The van der Waals surface area contributed by atoms with Crippen molar-refractivity contribution < 1.29 is 19.4 Å². The van der Waals surface area contributed by atoms with Gasteiger partial charge in [0.25, 0.3) is 0 Å². The summed E-state index contributed by atoms with van der Waals surface area (Å²) in [4.78, 5) is 22.8. The van der Waals surface area contributed by atoms with Crippen LogP contribution < -0.4 is 0 Å². The first-order chi connectivity index (χ1) is 9.49. The van der Waals surface area contributed by atoms with Crippen molar-refractivity contribution in [3.05, 3.63) is 35.4 Å². The van der Waals surface area contributed by atoms with Crippen LogP contribution in [0.2, 0.25) is 0 Å². The molecule has 4 heteroatoms. The minimum absolute atomic E-state index is 0.00966. The van der Waals surface area contributed by atoms with E-state index in [-0.39, 0.29) is 12.4 Å². The Morgan fingerprint density at radius 3 is 1.90 bits per heavy atom. The van der Waals surface area contributed by atoms with Crippen LogP contribution in [0.1, 0.15) is 45.7 Å². The average molecular weight is 292 g/mol. The molecule has 0 unspecified atom stereocenters. The maximum Gasteiger partial charge on any atom is 0.312 e. The lowest BCUT2D eigenvalue weighted by Gasteiger charge is -2.28. The average Bonchev–Trinajstić information content (AvgIpc) is 2.28. The van der Waals surface area contributed by atoms with Crippen LogP contribution in [0.15, 0.2) is 24.3 Å². The van der Waals surface area contributed by atoms with E-state index in [1.54, 1.807) is 12.1 Å². The number of rotatable bonds is 5. The van der Waals surface area contributed by atoms with Crippen molar-refractivity contribution in [3.63, 3.8) is 0 Å². The van der Waals surface area contributed by atoms with Crippen LogP contribution in [0.5, 0.6) is 0 Å². The molecular weight excluding hydrogens is 268 g/mol. The number of hydrogen-bond donors (Lipinski definition) is 1. The number of hydrogen-bond acceptors (Lipinski definition) is 3. The summed E-state index contributed by atoms with van der Waals surface area (Å²) in [5, 5.41) is 8.74. The lowest BCUT2D eigenvalue weighted by atomic mass is 9.85. The van der Waals surface area contributed by atoms with Crippen LogP contribution in [-0.4, -0.2) is 22.6 Å². The highest BCUT2D eigenvalue weighted by atomic mass is 16.6. The summed E-state index contributed by atoms with van der Waals surface area (Å²) < 4.78 is 5.43. The fourth-order valence-electron chi connectivity index (χ4n) is 1.95. The quantitative estimate of drug-likeness (QED) is 0.846. The van der Waals surface area contributed by atoms with Gasteiger partial charge in [0.15, 0.2) is 0 Å². The summed E-state index contributed by atoms with van der Waals surface area (Å²) in [6.45, 7) is 9.25. The van der Waals surface area contributed by atoms with E-state index in [4.69, 9.17) is 9.84 Å². The molecule has 0 radical (unpaired) electrons. The number of aliphatic carboxylic acids is 1. The van der Waals surface area contributed by atoms with E-state index in [1.807, 2.05) is 46.8 Å². The fourth-order valence-corrected chi connectivity index (χ4v) is 1.95. The van der Waals surface area contributed by atoms with Gasteiger partial charge < -0.3 is 9.84 Å². The first-order valence-electron chi connectivity index (χ1n) is 7.03. The molecule has 21 heavy (non-hydrogen) atoms. The molecule has 0 aliphatic carbocycles. The third-order valence-electron chi connectivity index (χ3n) is 2.98. The molecule has 1 aromatic rings. The van der Waals surface area contributed by atoms with Gasteiger partial charge in [0.1, 0.15) is 5.60 Å². The van der Waals surface area contributed by atoms with Crippen molar-refractivity contribution >= 4 is 11.9 Å². The molecule has 0 amide bonds. The molecule has 1 N–H and O–H groups in total. The van der Waals surface area contributed by atoms with Crippen LogP contribution in [-0.2, 0) is 27.2 Å². The molecule has 0 fully saturated rings. The van der Waals surface area contributed by atoms with E-state index in [0.717, 1.165) is 11.1 Å². The zero-order chi connectivity index (χ0) is 16.3. The zero-order valence-corrected chi connectivity index (χ0v) is 13.4. The van der Waals surface area contributed by atoms with Gasteiger partial charge in [-0.05, 0) is 52.2 Å². The molecular formula is C17H24O4. The Morgan fingerprint density at radius 1 is 1.00 bits per heavy atom. The maximum atomic E-state index is 12.2. The SMILES string of the molecule is CC(C)(C)OC(=O)C(C)(C)Cc1ccc(CC(=O)O)cc1. The van der Waals surface area contributed by atoms with Crippen molar-refractivity contribution in [3.8, 4) is 0 Å². The monoisotopic (exact) mass is 292 g/mol. The Hall–Kier alpha value is -1.84. The molecule has 1 aromatic carbocycles. The van der Waals surface area contributed by atoms with Crippen LogP contribution >= 0.6 is 0 Å². The van der Waals surface area contributed by atoms with Gasteiger partial charge in [-0.2, -0.15) is 0 Å².